The Balaban J connectivity index is 2.69. The van der Waals surface area contributed by atoms with E-state index in [0.29, 0.717) is 18.6 Å². The van der Waals surface area contributed by atoms with E-state index in [1.165, 1.54) is 0 Å². The Morgan fingerprint density at radius 2 is 2.29 bits per heavy atom. The molecule has 0 aromatic heterocycles. The third-order valence-corrected chi connectivity index (χ3v) is 1.83. The number of aryl methyl sites for hydroxylation is 1. The van der Waals surface area contributed by atoms with Crippen LogP contribution < -0.4 is 4.74 Å². The SMILES string of the molecule is C#CCCOc1ccc(C#N)c(C)c1. The number of hydrogen-bond donors (Lipinski definition) is 0. The summed E-state index contributed by atoms with van der Waals surface area (Å²) in [7, 11) is 0. The van der Waals surface area contributed by atoms with Crippen LogP contribution in [0, 0.1) is 30.6 Å². The first-order valence-corrected chi connectivity index (χ1v) is 4.35. The molecule has 0 aliphatic carbocycles. The first kappa shape index (κ1) is 10.2. The van der Waals surface area contributed by atoms with Gasteiger partial charge in [0.05, 0.1) is 18.2 Å². The molecule has 0 radical (unpaired) electrons. The highest BCUT2D eigenvalue weighted by Gasteiger charge is 1.99. The summed E-state index contributed by atoms with van der Waals surface area (Å²) in [6.07, 6.45) is 5.69. The van der Waals surface area contributed by atoms with Gasteiger partial charge < -0.3 is 4.74 Å². The minimum absolute atomic E-state index is 0.516. The van der Waals surface area contributed by atoms with Gasteiger partial charge in [-0.3, -0.25) is 0 Å². The van der Waals surface area contributed by atoms with E-state index in [4.69, 9.17) is 16.4 Å². The first-order valence-electron chi connectivity index (χ1n) is 4.35. The number of hydrogen-bond acceptors (Lipinski definition) is 2. The summed E-state index contributed by atoms with van der Waals surface area (Å²) < 4.78 is 5.37. The minimum Gasteiger partial charge on any atom is -0.493 e. The van der Waals surface area contributed by atoms with E-state index in [1.807, 2.05) is 13.0 Å². The van der Waals surface area contributed by atoms with Crippen molar-refractivity contribution in [1.29, 1.82) is 5.26 Å². The van der Waals surface area contributed by atoms with Crippen molar-refractivity contribution >= 4 is 0 Å². The molecule has 1 aromatic rings. The van der Waals surface area contributed by atoms with Crippen molar-refractivity contribution in [2.24, 2.45) is 0 Å². The van der Waals surface area contributed by atoms with Crippen LogP contribution in [-0.4, -0.2) is 6.61 Å². The number of nitriles is 1. The molecule has 0 N–H and O–H groups in total. The molecule has 0 saturated carbocycles. The second-order valence-electron chi connectivity index (χ2n) is 2.89. The highest BCUT2D eigenvalue weighted by atomic mass is 16.5. The van der Waals surface area contributed by atoms with Gasteiger partial charge in [-0.05, 0) is 30.7 Å². The molecule has 0 aliphatic rings. The maximum atomic E-state index is 8.71. The molecular weight excluding hydrogens is 174 g/mol. The van der Waals surface area contributed by atoms with Gasteiger partial charge in [0.1, 0.15) is 5.75 Å². The molecule has 0 saturated heterocycles. The molecule has 70 valence electrons. The van der Waals surface area contributed by atoms with Gasteiger partial charge in [0, 0.05) is 6.42 Å². The lowest BCUT2D eigenvalue weighted by Crippen LogP contribution is -1.96. The Kier molecular flexibility index (Phi) is 3.58. The van der Waals surface area contributed by atoms with Crippen LogP contribution in [0.25, 0.3) is 0 Å². The Labute approximate surface area is 84.1 Å². The highest BCUT2D eigenvalue weighted by molar-refractivity contribution is 5.41. The number of rotatable bonds is 3. The lowest BCUT2D eigenvalue weighted by Gasteiger charge is -2.05. The summed E-state index contributed by atoms with van der Waals surface area (Å²) in [5, 5.41) is 8.71. The van der Waals surface area contributed by atoms with Gasteiger partial charge in [0.25, 0.3) is 0 Å². The molecule has 0 bridgehead atoms. The zero-order chi connectivity index (χ0) is 10.4. The van der Waals surface area contributed by atoms with E-state index < -0.39 is 0 Å². The van der Waals surface area contributed by atoms with Crippen molar-refractivity contribution in [2.45, 2.75) is 13.3 Å². The fraction of sp³-hybridized carbons (Fsp3) is 0.250. The van der Waals surface area contributed by atoms with Gasteiger partial charge in [-0.15, -0.1) is 12.3 Å². The van der Waals surface area contributed by atoms with Gasteiger partial charge in [-0.2, -0.15) is 5.26 Å². The van der Waals surface area contributed by atoms with Crippen LogP contribution in [0.15, 0.2) is 18.2 Å². The monoisotopic (exact) mass is 185 g/mol. The number of nitrogens with zero attached hydrogens (tertiary/aromatic N) is 1. The average molecular weight is 185 g/mol. The van der Waals surface area contributed by atoms with Gasteiger partial charge in [-0.1, -0.05) is 0 Å². The Morgan fingerprint density at radius 3 is 2.86 bits per heavy atom. The van der Waals surface area contributed by atoms with E-state index >= 15 is 0 Å². The van der Waals surface area contributed by atoms with Crippen molar-refractivity contribution in [1.82, 2.24) is 0 Å². The Bertz CT molecular complexity index is 396. The topological polar surface area (TPSA) is 33.0 Å². The second-order valence-corrected chi connectivity index (χ2v) is 2.89. The smallest absolute Gasteiger partial charge is 0.119 e. The Hall–Kier alpha value is -1.93. The molecule has 0 fully saturated rings. The molecule has 0 atom stereocenters. The molecule has 0 unspecified atom stereocenters. The third kappa shape index (κ3) is 2.54. The molecule has 2 heteroatoms. The summed E-state index contributed by atoms with van der Waals surface area (Å²) in [5.41, 5.74) is 1.60. The van der Waals surface area contributed by atoms with E-state index in [0.717, 1.165) is 11.3 Å². The second kappa shape index (κ2) is 4.94. The highest BCUT2D eigenvalue weighted by Crippen LogP contribution is 2.16. The van der Waals surface area contributed by atoms with Crippen molar-refractivity contribution < 1.29 is 4.74 Å². The van der Waals surface area contributed by atoms with Crippen LogP contribution in [0.3, 0.4) is 0 Å². The molecule has 0 spiro atoms. The van der Waals surface area contributed by atoms with Crippen molar-refractivity contribution in [3.63, 3.8) is 0 Å². The molecule has 1 rings (SSSR count). The fourth-order valence-electron chi connectivity index (χ4n) is 1.08. The molecule has 1 aromatic carbocycles. The zero-order valence-corrected chi connectivity index (χ0v) is 8.08. The van der Waals surface area contributed by atoms with Crippen LogP contribution >= 0.6 is 0 Å². The van der Waals surface area contributed by atoms with Crippen molar-refractivity contribution in [3.8, 4) is 24.2 Å². The molecule has 14 heavy (non-hydrogen) atoms. The summed E-state index contributed by atoms with van der Waals surface area (Å²) in [5.74, 6) is 3.26. The summed E-state index contributed by atoms with van der Waals surface area (Å²) in [6, 6.07) is 7.47. The number of ether oxygens (including phenoxy) is 1. The van der Waals surface area contributed by atoms with E-state index in [-0.39, 0.29) is 0 Å². The summed E-state index contributed by atoms with van der Waals surface area (Å²) in [6.45, 7) is 2.40. The first-order chi connectivity index (χ1) is 6.77. The minimum atomic E-state index is 0.516. The van der Waals surface area contributed by atoms with Crippen molar-refractivity contribution in [2.75, 3.05) is 6.61 Å². The van der Waals surface area contributed by atoms with Crippen LogP contribution in [0.4, 0.5) is 0 Å². The molecule has 0 heterocycles. The lowest BCUT2D eigenvalue weighted by molar-refractivity contribution is 0.327. The van der Waals surface area contributed by atoms with Crippen LogP contribution in [-0.2, 0) is 0 Å². The largest absolute Gasteiger partial charge is 0.493 e. The predicted molar refractivity (Wildman–Crippen MR) is 54.8 cm³/mol. The van der Waals surface area contributed by atoms with Crippen LogP contribution in [0.5, 0.6) is 5.75 Å². The third-order valence-electron chi connectivity index (χ3n) is 1.83. The van der Waals surface area contributed by atoms with Crippen molar-refractivity contribution in [3.05, 3.63) is 29.3 Å². The maximum Gasteiger partial charge on any atom is 0.119 e. The lowest BCUT2D eigenvalue weighted by atomic mass is 10.1. The van der Waals surface area contributed by atoms with E-state index in [9.17, 15) is 0 Å². The number of benzene rings is 1. The molecule has 2 nitrogen and oxygen atoms in total. The quantitative estimate of drug-likeness (QED) is 0.534. The van der Waals surface area contributed by atoms with Crippen LogP contribution in [0.1, 0.15) is 17.5 Å². The molecule has 0 aliphatic heterocycles. The standard InChI is InChI=1S/C12H11NO/c1-3-4-7-14-12-6-5-11(9-13)10(2)8-12/h1,5-6,8H,4,7H2,2H3. The molecular formula is C12H11NO. The van der Waals surface area contributed by atoms with Gasteiger partial charge in [0.15, 0.2) is 0 Å². The van der Waals surface area contributed by atoms with Gasteiger partial charge in [0.2, 0.25) is 0 Å². The van der Waals surface area contributed by atoms with Gasteiger partial charge in [-0.25, -0.2) is 0 Å². The molecule has 0 amide bonds. The van der Waals surface area contributed by atoms with E-state index in [2.05, 4.69) is 12.0 Å². The zero-order valence-electron chi connectivity index (χ0n) is 8.08. The maximum absolute atomic E-state index is 8.71. The summed E-state index contributed by atoms with van der Waals surface area (Å²) in [4.78, 5) is 0. The predicted octanol–water partition coefficient (Wildman–Crippen LogP) is 2.27. The Morgan fingerprint density at radius 1 is 1.50 bits per heavy atom. The fourth-order valence-corrected chi connectivity index (χ4v) is 1.08. The normalized spacial score (nSPS) is 8.79. The number of terminal acetylenes is 1. The van der Waals surface area contributed by atoms with Gasteiger partial charge >= 0.3 is 0 Å². The summed E-state index contributed by atoms with van der Waals surface area (Å²) >= 11 is 0. The van der Waals surface area contributed by atoms with Crippen LogP contribution in [0.2, 0.25) is 0 Å². The average Bonchev–Trinajstić information content (AvgIpc) is 2.18. The van der Waals surface area contributed by atoms with E-state index in [1.54, 1.807) is 12.1 Å².